The summed E-state index contributed by atoms with van der Waals surface area (Å²) in [6.45, 7) is 6.35. The van der Waals surface area contributed by atoms with Crippen LogP contribution < -0.4 is 40.2 Å². The van der Waals surface area contributed by atoms with E-state index in [4.69, 9.17) is 23.7 Å². The minimum Gasteiger partial charge on any atom is -0.497 e. The van der Waals surface area contributed by atoms with E-state index in [0.717, 1.165) is 46.2 Å². The molecule has 9 heteroatoms. The maximum atomic E-state index is 14.0. The van der Waals surface area contributed by atoms with Gasteiger partial charge in [-0.1, -0.05) is 60.7 Å². The third-order valence-corrected chi connectivity index (χ3v) is 13.7. The van der Waals surface area contributed by atoms with E-state index in [9.17, 15) is 4.79 Å². The molecule has 1 aliphatic rings. The number of para-hydroxylation sites is 2. The molecule has 47 heavy (non-hydrogen) atoms. The van der Waals surface area contributed by atoms with Gasteiger partial charge in [0.25, 0.3) is 0 Å². The number of methoxy groups -OCH3 is 4. The van der Waals surface area contributed by atoms with Crippen LogP contribution in [0, 0.1) is 0 Å². The summed E-state index contributed by atoms with van der Waals surface area (Å²) in [5.41, 5.74) is -0.427. The Balaban J connectivity index is 1.59. The highest BCUT2D eigenvalue weighted by atomic mass is 31.1. The van der Waals surface area contributed by atoms with Crippen LogP contribution in [0.15, 0.2) is 97.1 Å². The van der Waals surface area contributed by atoms with E-state index < -0.39 is 21.4 Å². The molecule has 1 amide bonds. The Morgan fingerprint density at radius 1 is 0.702 bits per heavy atom. The quantitative estimate of drug-likeness (QED) is 0.166. The van der Waals surface area contributed by atoms with Gasteiger partial charge in [0, 0.05) is 28.9 Å². The third kappa shape index (κ3) is 8.20. The van der Waals surface area contributed by atoms with Crippen LogP contribution >= 0.6 is 15.8 Å². The summed E-state index contributed by atoms with van der Waals surface area (Å²) in [4.78, 5) is 16.0. The van der Waals surface area contributed by atoms with E-state index in [1.54, 1.807) is 28.4 Å². The Hall–Kier alpha value is -3.79. The fourth-order valence-electron chi connectivity index (χ4n) is 6.10. The number of ether oxygens (including phenoxy) is 5. The highest BCUT2D eigenvalue weighted by molar-refractivity contribution is 7.74. The zero-order valence-electron chi connectivity index (χ0n) is 28.3. The van der Waals surface area contributed by atoms with Crippen molar-refractivity contribution in [2.45, 2.75) is 44.5 Å². The lowest BCUT2D eigenvalue weighted by atomic mass is 10.2. The summed E-state index contributed by atoms with van der Waals surface area (Å²) < 4.78 is 28.8. The molecule has 1 fully saturated rings. The Bertz CT molecular complexity index is 1530. The molecule has 0 bridgehead atoms. The molecule has 1 aliphatic heterocycles. The molecular formula is C38H45NO6P2. The molecule has 0 aromatic heterocycles. The molecule has 7 nitrogen and oxygen atoms in total. The smallest absolute Gasteiger partial charge is 0.410 e. The van der Waals surface area contributed by atoms with Gasteiger partial charge in [0.15, 0.2) is 0 Å². The summed E-state index contributed by atoms with van der Waals surface area (Å²) in [7, 11) is 4.95. The van der Waals surface area contributed by atoms with E-state index in [1.807, 2.05) is 74.2 Å². The number of rotatable bonds is 11. The Morgan fingerprint density at radius 2 is 1.17 bits per heavy atom. The summed E-state index contributed by atoms with van der Waals surface area (Å²) in [6.07, 6.45) is 1.28. The van der Waals surface area contributed by atoms with E-state index in [0.29, 0.717) is 6.54 Å². The topological polar surface area (TPSA) is 66.5 Å². The van der Waals surface area contributed by atoms with Gasteiger partial charge in [-0.2, -0.15) is 0 Å². The van der Waals surface area contributed by atoms with Gasteiger partial charge in [-0.05, 0) is 96.2 Å². The molecular weight excluding hydrogens is 628 g/mol. The second-order valence-electron chi connectivity index (χ2n) is 12.4. The fourth-order valence-corrected chi connectivity index (χ4v) is 11.8. The van der Waals surface area contributed by atoms with Crippen LogP contribution in [-0.2, 0) is 4.74 Å². The molecule has 5 rings (SSSR count). The zero-order chi connectivity index (χ0) is 33.6. The first-order valence-corrected chi connectivity index (χ1v) is 18.7. The molecule has 0 radical (unpaired) electrons. The first-order valence-electron chi connectivity index (χ1n) is 15.8. The van der Waals surface area contributed by atoms with E-state index in [1.165, 1.54) is 10.6 Å². The molecule has 0 N–H and O–H groups in total. The van der Waals surface area contributed by atoms with E-state index >= 15 is 0 Å². The van der Waals surface area contributed by atoms with Crippen LogP contribution in [0.4, 0.5) is 4.79 Å². The van der Waals surface area contributed by atoms with Gasteiger partial charge >= 0.3 is 6.09 Å². The Morgan fingerprint density at radius 3 is 1.60 bits per heavy atom. The Kier molecular flexibility index (Phi) is 11.3. The van der Waals surface area contributed by atoms with Crippen molar-refractivity contribution >= 4 is 43.2 Å². The van der Waals surface area contributed by atoms with Crippen LogP contribution in [0.1, 0.15) is 27.2 Å². The number of carbonyl (C=O) groups is 1. The lowest BCUT2D eigenvalue weighted by Gasteiger charge is -2.31. The second-order valence-corrected chi connectivity index (χ2v) is 17.1. The minimum atomic E-state index is -0.985. The summed E-state index contributed by atoms with van der Waals surface area (Å²) in [5, 5.41) is 4.71. The second kappa shape index (κ2) is 15.4. The zero-order valence-corrected chi connectivity index (χ0v) is 30.1. The van der Waals surface area contributed by atoms with Gasteiger partial charge in [-0.25, -0.2) is 4.79 Å². The van der Waals surface area contributed by atoms with Gasteiger partial charge in [-0.3, -0.25) is 0 Å². The molecule has 0 saturated carbocycles. The largest absolute Gasteiger partial charge is 0.497 e. The van der Waals surface area contributed by atoms with Gasteiger partial charge in [0.05, 0.1) is 28.4 Å². The summed E-state index contributed by atoms with van der Waals surface area (Å²) in [5.74, 6) is 3.30. The highest BCUT2D eigenvalue weighted by Crippen LogP contribution is 2.49. The van der Waals surface area contributed by atoms with E-state index in [2.05, 4.69) is 48.5 Å². The first kappa shape index (κ1) is 34.5. The van der Waals surface area contributed by atoms with Gasteiger partial charge in [0.2, 0.25) is 0 Å². The van der Waals surface area contributed by atoms with Gasteiger partial charge in [-0.15, -0.1) is 0 Å². The maximum Gasteiger partial charge on any atom is 0.410 e. The minimum absolute atomic E-state index is 0.0720. The average Bonchev–Trinajstić information content (AvgIpc) is 3.50. The molecule has 248 valence electrons. The monoisotopic (exact) mass is 673 g/mol. The number of amides is 1. The maximum absolute atomic E-state index is 14.0. The predicted octanol–water partition coefficient (Wildman–Crippen LogP) is 6.66. The van der Waals surface area contributed by atoms with Crippen LogP contribution in [0.25, 0.3) is 0 Å². The van der Waals surface area contributed by atoms with Crippen LogP contribution in [0.5, 0.6) is 23.0 Å². The van der Waals surface area contributed by atoms with Crippen molar-refractivity contribution in [1.82, 2.24) is 4.90 Å². The number of benzene rings is 4. The molecule has 4 aromatic rings. The van der Waals surface area contributed by atoms with Gasteiger partial charge in [0.1, 0.15) is 28.6 Å². The van der Waals surface area contributed by atoms with Crippen molar-refractivity contribution in [1.29, 1.82) is 0 Å². The summed E-state index contributed by atoms with van der Waals surface area (Å²) in [6, 6.07) is 33.1. The lowest BCUT2D eigenvalue weighted by molar-refractivity contribution is 0.0242. The lowest BCUT2D eigenvalue weighted by Crippen LogP contribution is -2.42. The van der Waals surface area contributed by atoms with Crippen LogP contribution in [0.2, 0.25) is 0 Å². The molecule has 0 aliphatic carbocycles. The number of likely N-dealkylation sites (tertiary alicyclic amines) is 1. The fraction of sp³-hybridized carbons (Fsp3) is 0.342. The van der Waals surface area contributed by atoms with Crippen LogP contribution in [0.3, 0.4) is 0 Å². The number of hydrogen-bond acceptors (Lipinski definition) is 6. The molecule has 0 spiro atoms. The van der Waals surface area contributed by atoms with Crippen molar-refractivity contribution in [3.05, 3.63) is 97.1 Å². The Labute approximate surface area is 281 Å². The predicted molar refractivity (Wildman–Crippen MR) is 194 cm³/mol. The highest BCUT2D eigenvalue weighted by Gasteiger charge is 2.43. The molecule has 2 atom stereocenters. The number of hydrogen-bond donors (Lipinski definition) is 0. The number of carbonyl (C=O) groups excluding carboxylic acids is 1. The normalized spacial score (nSPS) is 16.3. The van der Waals surface area contributed by atoms with Crippen molar-refractivity contribution in [2.24, 2.45) is 0 Å². The molecule has 4 aromatic carbocycles. The molecule has 1 heterocycles. The summed E-state index contributed by atoms with van der Waals surface area (Å²) >= 11 is 0. The first-order chi connectivity index (χ1) is 22.6. The van der Waals surface area contributed by atoms with E-state index in [-0.39, 0.29) is 17.8 Å². The van der Waals surface area contributed by atoms with Crippen molar-refractivity contribution in [3.8, 4) is 23.0 Å². The SMILES string of the molecule is COc1ccc(P(c2ccc(OC)cc2)[C@H]2C[C@@H](CP(c3ccccc3OC)c3ccccc3OC)N(C(=O)OC(C)(C)C)C2)cc1. The van der Waals surface area contributed by atoms with Crippen molar-refractivity contribution in [3.63, 3.8) is 0 Å². The third-order valence-electron chi connectivity index (χ3n) is 8.23. The van der Waals surface area contributed by atoms with Crippen molar-refractivity contribution < 1.29 is 28.5 Å². The van der Waals surface area contributed by atoms with Crippen LogP contribution in [-0.4, -0.2) is 69.4 Å². The number of nitrogens with zero attached hydrogens (tertiary/aromatic N) is 1. The van der Waals surface area contributed by atoms with Gasteiger partial charge < -0.3 is 28.6 Å². The average molecular weight is 674 g/mol. The standard InChI is InChI=1S/C38H45NO6P2/c1-38(2,3)45-37(40)39-25-32(47(30-20-16-28(41-4)17-21-30)31-22-18-29(42-5)19-23-31)24-27(39)26-46(35-14-10-8-12-33(35)43-6)36-15-11-9-13-34(36)44-7/h8-23,27,32H,24-26H2,1-7H3/t27-,32-/m0/s1. The van der Waals surface area contributed by atoms with Crippen molar-refractivity contribution in [2.75, 3.05) is 41.1 Å². The molecule has 1 saturated heterocycles. The molecule has 0 unspecified atom stereocenters.